The fourth-order valence-electron chi connectivity index (χ4n) is 3.00. The molecule has 3 rings (SSSR count). The molecule has 0 bridgehead atoms. The van der Waals surface area contributed by atoms with Crippen LogP contribution in [0.25, 0.3) is 0 Å². The van der Waals surface area contributed by atoms with Crippen molar-refractivity contribution >= 4 is 11.8 Å². The number of aromatic nitrogens is 3. The number of hydrogen-bond acceptors (Lipinski definition) is 5. The van der Waals surface area contributed by atoms with Gasteiger partial charge in [-0.2, -0.15) is 0 Å². The van der Waals surface area contributed by atoms with Gasteiger partial charge in [-0.3, -0.25) is 0 Å². The van der Waals surface area contributed by atoms with E-state index in [2.05, 4.69) is 26.7 Å². The first-order valence-corrected chi connectivity index (χ1v) is 8.82. The summed E-state index contributed by atoms with van der Waals surface area (Å²) in [5.74, 6) is 3.40. The monoisotopic (exact) mass is 308 g/mol. The molecule has 1 atom stereocenters. The predicted molar refractivity (Wildman–Crippen MR) is 84.7 cm³/mol. The van der Waals surface area contributed by atoms with Gasteiger partial charge in [0.2, 0.25) is 0 Å². The summed E-state index contributed by atoms with van der Waals surface area (Å²) >= 11 is 1.82. The number of ether oxygens (including phenoxy) is 1. The molecule has 3 heterocycles. The molecule has 1 N–H and O–H groups in total. The highest BCUT2D eigenvalue weighted by atomic mass is 32.2. The molecule has 0 aliphatic carbocycles. The van der Waals surface area contributed by atoms with E-state index in [4.69, 9.17) is 4.74 Å². The summed E-state index contributed by atoms with van der Waals surface area (Å²) in [4.78, 5) is 0. The quantitative estimate of drug-likeness (QED) is 0.644. The van der Waals surface area contributed by atoms with Gasteiger partial charge < -0.3 is 14.6 Å². The molecule has 2 aliphatic rings. The number of thioether (sulfide) groups is 1. The van der Waals surface area contributed by atoms with E-state index >= 15 is 0 Å². The lowest BCUT2D eigenvalue weighted by Gasteiger charge is -2.22. The molecule has 2 fully saturated rings. The van der Waals surface area contributed by atoms with Crippen LogP contribution < -0.4 is 5.32 Å². The Bertz CT molecular complexity index is 464. The number of nitrogens with one attached hydrogen (secondary N) is 1. The average molecular weight is 308 g/mol. The Morgan fingerprint density at radius 2 is 2.19 bits per heavy atom. The van der Waals surface area contributed by atoms with Gasteiger partial charge in [-0.05, 0) is 38.3 Å². The third-order valence-corrected chi connectivity index (χ3v) is 5.43. The standard InChI is InChI=1S/C15H24N4OS/c1-2-8-19-14(13-3-6-16-7-4-13)17-18-15(19)21-11-12-5-9-20-10-12/h2,12-13,16H,1,3-11H2/t12-/m0/s1. The molecule has 6 heteroatoms. The van der Waals surface area contributed by atoms with Crippen molar-refractivity contribution < 1.29 is 4.74 Å². The Morgan fingerprint density at radius 1 is 1.33 bits per heavy atom. The van der Waals surface area contributed by atoms with E-state index in [1.165, 1.54) is 6.42 Å². The third-order valence-electron chi connectivity index (χ3n) is 4.23. The summed E-state index contributed by atoms with van der Waals surface area (Å²) in [7, 11) is 0. The second kappa shape index (κ2) is 7.42. The van der Waals surface area contributed by atoms with Gasteiger partial charge in [0.25, 0.3) is 0 Å². The molecule has 0 amide bonds. The van der Waals surface area contributed by atoms with Gasteiger partial charge in [0.1, 0.15) is 5.82 Å². The maximum absolute atomic E-state index is 5.44. The van der Waals surface area contributed by atoms with Crippen molar-refractivity contribution in [1.82, 2.24) is 20.1 Å². The van der Waals surface area contributed by atoms with Gasteiger partial charge >= 0.3 is 0 Å². The Morgan fingerprint density at radius 3 is 2.90 bits per heavy atom. The molecule has 5 nitrogen and oxygen atoms in total. The van der Waals surface area contributed by atoms with Crippen molar-refractivity contribution in [2.24, 2.45) is 5.92 Å². The Kier molecular flexibility index (Phi) is 5.32. The van der Waals surface area contributed by atoms with Crippen LogP contribution in [0.15, 0.2) is 17.8 Å². The molecule has 21 heavy (non-hydrogen) atoms. The van der Waals surface area contributed by atoms with Crippen molar-refractivity contribution in [3.8, 4) is 0 Å². The highest BCUT2D eigenvalue weighted by Gasteiger charge is 2.24. The van der Waals surface area contributed by atoms with Crippen molar-refractivity contribution in [3.63, 3.8) is 0 Å². The minimum atomic E-state index is 0.530. The van der Waals surface area contributed by atoms with Gasteiger partial charge in [0, 0.05) is 24.8 Å². The van der Waals surface area contributed by atoms with Crippen LogP contribution in [0, 0.1) is 5.92 Å². The third kappa shape index (κ3) is 3.67. The summed E-state index contributed by atoms with van der Waals surface area (Å²) in [5.41, 5.74) is 0. The SMILES string of the molecule is C=CCn1c(SC[C@H]2CCOC2)nnc1C1CCNCC1. The van der Waals surface area contributed by atoms with Crippen molar-refractivity contribution in [2.75, 3.05) is 32.1 Å². The summed E-state index contributed by atoms with van der Waals surface area (Å²) in [6.07, 6.45) is 5.41. The van der Waals surface area contributed by atoms with Gasteiger partial charge in [0.15, 0.2) is 5.16 Å². The molecule has 2 aliphatic heterocycles. The maximum atomic E-state index is 5.44. The van der Waals surface area contributed by atoms with Crippen LogP contribution in [0.4, 0.5) is 0 Å². The van der Waals surface area contributed by atoms with Crippen LogP contribution in [-0.4, -0.2) is 46.8 Å². The summed E-state index contributed by atoms with van der Waals surface area (Å²) in [6, 6.07) is 0. The van der Waals surface area contributed by atoms with E-state index in [0.29, 0.717) is 11.8 Å². The van der Waals surface area contributed by atoms with Crippen molar-refractivity contribution in [1.29, 1.82) is 0 Å². The first-order valence-electron chi connectivity index (χ1n) is 7.83. The first-order chi connectivity index (χ1) is 10.4. The fraction of sp³-hybridized carbons (Fsp3) is 0.733. The van der Waals surface area contributed by atoms with E-state index in [0.717, 1.165) is 62.4 Å². The van der Waals surface area contributed by atoms with Crippen molar-refractivity contribution in [3.05, 3.63) is 18.5 Å². The fourth-order valence-corrected chi connectivity index (χ4v) is 4.07. The zero-order valence-electron chi connectivity index (χ0n) is 12.5. The van der Waals surface area contributed by atoms with Gasteiger partial charge in [-0.1, -0.05) is 17.8 Å². The summed E-state index contributed by atoms with van der Waals surface area (Å²) < 4.78 is 7.70. The molecule has 0 saturated carbocycles. The number of piperidine rings is 1. The zero-order valence-corrected chi connectivity index (χ0v) is 13.3. The topological polar surface area (TPSA) is 52.0 Å². The van der Waals surface area contributed by atoms with Crippen LogP contribution in [0.2, 0.25) is 0 Å². The highest BCUT2D eigenvalue weighted by Crippen LogP contribution is 2.29. The summed E-state index contributed by atoms with van der Waals surface area (Å²) in [6.45, 7) is 8.64. The van der Waals surface area contributed by atoms with E-state index in [-0.39, 0.29) is 0 Å². The lowest BCUT2D eigenvalue weighted by atomic mass is 9.97. The van der Waals surface area contributed by atoms with Crippen LogP contribution in [0.3, 0.4) is 0 Å². The van der Waals surface area contributed by atoms with Crippen LogP contribution in [-0.2, 0) is 11.3 Å². The number of hydrogen-bond donors (Lipinski definition) is 1. The second-order valence-electron chi connectivity index (χ2n) is 5.80. The highest BCUT2D eigenvalue weighted by molar-refractivity contribution is 7.99. The van der Waals surface area contributed by atoms with Crippen LogP contribution in [0.5, 0.6) is 0 Å². The van der Waals surface area contributed by atoms with E-state index in [9.17, 15) is 0 Å². The largest absolute Gasteiger partial charge is 0.381 e. The lowest BCUT2D eigenvalue weighted by molar-refractivity contribution is 0.189. The molecule has 116 valence electrons. The normalized spacial score (nSPS) is 23.5. The Labute approximate surface area is 130 Å². The Hall–Kier alpha value is -0.850. The van der Waals surface area contributed by atoms with Gasteiger partial charge in [-0.15, -0.1) is 16.8 Å². The minimum absolute atomic E-state index is 0.530. The zero-order chi connectivity index (χ0) is 14.5. The molecule has 2 saturated heterocycles. The number of allylic oxidation sites excluding steroid dienone is 1. The van der Waals surface area contributed by atoms with Gasteiger partial charge in [0.05, 0.1) is 6.61 Å². The maximum Gasteiger partial charge on any atom is 0.191 e. The summed E-state index contributed by atoms with van der Waals surface area (Å²) in [5, 5.41) is 13.4. The minimum Gasteiger partial charge on any atom is -0.381 e. The predicted octanol–water partition coefficient (Wildman–Crippen LogP) is 2.06. The molecule has 1 aromatic heterocycles. The molecule has 0 spiro atoms. The molecular weight excluding hydrogens is 284 g/mol. The first kappa shape index (κ1) is 15.1. The molecular formula is C15H24N4OS. The van der Waals surface area contributed by atoms with Crippen molar-refractivity contribution in [2.45, 2.75) is 36.9 Å². The lowest BCUT2D eigenvalue weighted by Crippen LogP contribution is -2.28. The van der Waals surface area contributed by atoms with E-state index in [1.54, 1.807) is 0 Å². The molecule has 0 unspecified atom stereocenters. The smallest absolute Gasteiger partial charge is 0.191 e. The number of nitrogens with zero attached hydrogens (tertiary/aromatic N) is 3. The Balaban J connectivity index is 1.69. The van der Waals surface area contributed by atoms with E-state index < -0.39 is 0 Å². The second-order valence-corrected chi connectivity index (χ2v) is 6.79. The van der Waals surface area contributed by atoms with Gasteiger partial charge in [-0.25, -0.2) is 0 Å². The molecule has 1 aromatic rings. The molecule has 0 aromatic carbocycles. The number of rotatable bonds is 6. The van der Waals surface area contributed by atoms with Crippen LogP contribution >= 0.6 is 11.8 Å². The molecule has 0 radical (unpaired) electrons. The van der Waals surface area contributed by atoms with Crippen LogP contribution in [0.1, 0.15) is 31.0 Å². The van der Waals surface area contributed by atoms with E-state index in [1.807, 2.05) is 17.8 Å². The average Bonchev–Trinajstić information content (AvgIpc) is 3.16.